The number of hydrogen-bond donors (Lipinski definition) is 2. The fourth-order valence-corrected chi connectivity index (χ4v) is 2.58. The lowest BCUT2D eigenvalue weighted by atomic mass is 10.2. The van der Waals surface area contributed by atoms with Crippen molar-refractivity contribution in [2.75, 3.05) is 19.0 Å². The van der Waals surface area contributed by atoms with E-state index >= 15 is 0 Å². The van der Waals surface area contributed by atoms with Crippen LogP contribution in [0.5, 0.6) is 11.5 Å². The second kappa shape index (κ2) is 9.32. The van der Waals surface area contributed by atoms with Crippen LogP contribution in [-0.4, -0.2) is 32.1 Å². The van der Waals surface area contributed by atoms with Gasteiger partial charge in [0.25, 0.3) is 5.91 Å². The number of anilines is 1. The molecule has 2 aromatic rings. The maximum atomic E-state index is 12.3. The van der Waals surface area contributed by atoms with Crippen LogP contribution in [-0.2, 0) is 4.79 Å². The lowest BCUT2D eigenvalue weighted by Crippen LogP contribution is -2.32. The topological polar surface area (TPSA) is 76.7 Å². The number of alkyl halides is 2. The molecule has 0 saturated carbocycles. The van der Waals surface area contributed by atoms with E-state index < -0.39 is 18.4 Å². The standard InChI is InChI=1S/C17H15F2IN2O4/c1-25-14-7-10(5-6-13(14)26-17(18)19)16(24)21-9-15(23)22-12-4-2-3-11(20)8-12/h2-8,17H,9H2,1H3,(H,21,24)(H,22,23). The summed E-state index contributed by atoms with van der Waals surface area (Å²) in [5.74, 6) is -1.15. The van der Waals surface area contributed by atoms with Crippen LogP contribution in [0.1, 0.15) is 10.4 Å². The quantitative estimate of drug-likeness (QED) is 0.602. The van der Waals surface area contributed by atoms with Crippen molar-refractivity contribution in [1.29, 1.82) is 0 Å². The average molecular weight is 476 g/mol. The number of hydrogen-bond acceptors (Lipinski definition) is 4. The van der Waals surface area contributed by atoms with Crippen LogP contribution >= 0.6 is 22.6 Å². The first-order valence-electron chi connectivity index (χ1n) is 7.35. The van der Waals surface area contributed by atoms with Gasteiger partial charge in [0.1, 0.15) is 0 Å². The Morgan fingerprint density at radius 1 is 1.15 bits per heavy atom. The molecule has 0 heterocycles. The molecule has 0 saturated heterocycles. The van der Waals surface area contributed by atoms with Gasteiger partial charge in [-0.2, -0.15) is 8.78 Å². The van der Waals surface area contributed by atoms with E-state index in [4.69, 9.17) is 4.74 Å². The van der Waals surface area contributed by atoms with Crippen molar-refractivity contribution in [2.24, 2.45) is 0 Å². The van der Waals surface area contributed by atoms with Gasteiger partial charge >= 0.3 is 6.61 Å². The fraction of sp³-hybridized carbons (Fsp3) is 0.176. The number of benzene rings is 2. The number of methoxy groups -OCH3 is 1. The largest absolute Gasteiger partial charge is 0.493 e. The molecule has 0 aliphatic carbocycles. The van der Waals surface area contributed by atoms with E-state index in [0.717, 1.165) is 3.57 Å². The Balaban J connectivity index is 1.95. The van der Waals surface area contributed by atoms with Crippen LogP contribution < -0.4 is 20.1 Å². The van der Waals surface area contributed by atoms with Gasteiger partial charge in [-0.3, -0.25) is 9.59 Å². The minimum atomic E-state index is -3.01. The van der Waals surface area contributed by atoms with Crippen LogP contribution in [0.2, 0.25) is 0 Å². The highest BCUT2D eigenvalue weighted by Gasteiger charge is 2.15. The Hall–Kier alpha value is -2.43. The summed E-state index contributed by atoms with van der Waals surface area (Å²) in [6.45, 7) is -3.25. The summed E-state index contributed by atoms with van der Waals surface area (Å²) in [7, 11) is 1.27. The molecule has 0 radical (unpaired) electrons. The molecule has 2 rings (SSSR count). The number of nitrogens with one attached hydrogen (secondary N) is 2. The highest BCUT2D eigenvalue weighted by atomic mass is 127. The Labute approximate surface area is 162 Å². The molecule has 0 bridgehead atoms. The normalized spacial score (nSPS) is 10.3. The van der Waals surface area contributed by atoms with Gasteiger partial charge in [0.15, 0.2) is 11.5 Å². The summed E-state index contributed by atoms with van der Waals surface area (Å²) in [5.41, 5.74) is 0.761. The van der Waals surface area contributed by atoms with Crippen LogP contribution in [0.4, 0.5) is 14.5 Å². The van der Waals surface area contributed by atoms with Gasteiger partial charge in [-0.15, -0.1) is 0 Å². The molecule has 0 aliphatic heterocycles. The molecule has 0 fully saturated rings. The van der Waals surface area contributed by atoms with Crippen molar-refractivity contribution >= 4 is 40.1 Å². The molecule has 26 heavy (non-hydrogen) atoms. The van der Waals surface area contributed by atoms with Crippen molar-refractivity contribution in [3.63, 3.8) is 0 Å². The number of ether oxygens (including phenoxy) is 2. The van der Waals surface area contributed by atoms with E-state index in [1.165, 1.54) is 25.3 Å². The molecule has 0 atom stereocenters. The molecule has 0 aromatic heterocycles. The average Bonchev–Trinajstić information content (AvgIpc) is 2.59. The first-order chi connectivity index (χ1) is 12.4. The lowest BCUT2D eigenvalue weighted by Gasteiger charge is -2.11. The summed E-state index contributed by atoms with van der Waals surface area (Å²) in [4.78, 5) is 24.0. The smallest absolute Gasteiger partial charge is 0.387 e. The summed E-state index contributed by atoms with van der Waals surface area (Å²) in [5, 5.41) is 5.10. The first kappa shape index (κ1) is 19.9. The van der Waals surface area contributed by atoms with E-state index in [2.05, 4.69) is 38.0 Å². The number of carbonyl (C=O) groups excluding carboxylic acids is 2. The third kappa shape index (κ3) is 5.83. The zero-order valence-electron chi connectivity index (χ0n) is 13.6. The van der Waals surface area contributed by atoms with E-state index in [9.17, 15) is 18.4 Å². The lowest BCUT2D eigenvalue weighted by molar-refractivity contribution is -0.115. The van der Waals surface area contributed by atoms with Gasteiger partial charge in [0.05, 0.1) is 13.7 Å². The first-order valence-corrected chi connectivity index (χ1v) is 8.43. The number of carbonyl (C=O) groups is 2. The van der Waals surface area contributed by atoms with Gasteiger partial charge in [0.2, 0.25) is 5.91 Å². The highest BCUT2D eigenvalue weighted by molar-refractivity contribution is 14.1. The minimum Gasteiger partial charge on any atom is -0.493 e. The van der Waals surface area contributed by atoms with E-state index in [-0.39, 0.29) is 23.6 Å². The highest BCUT2D eigenvalue weighted by Crippen LogP contribution is 2.29. The number of amides is 2. The summed E-state index contributed by atoms with van der Waals surface area (Å²) >= 11 is 2.12. The molecular formula is C17H15F2IN2O4. The molecule has 9 heteroatoms. The maximum absolute atomic E-state index is 12.3. The van der Waals surface area contributed by atoms with Crippen molar-refractivity contribution in [2.45, 2.75) is 6.61 Å². The van der Waals surface area contributed by atoms with Crippen molar-refractivity contribution in [3.05, 3.63) is 51.6 Å². The molecular weight excluding hydrogens is 461 g/mol. The molecule has 2 N–H and O–H groups in total. The molecule has 6 nitrogen and oxygen atoms in total. The minimum absolute atomic E-state index is 0.0127. The van der Waals surface area contributed by atoms with Crippen LogP contribution in [0.3, 0.4) is 0 Å². The third-order valence-corrected chi connectivity index (χ3v) is 3.83. The van der Waals surface area contributed by atoms with Crippen LogP contribution in [0.15, 0.2) is 42.5 Å². The Morgan fingerprint density at radius 3 is 2.58 bits per heavy atom. The molecule has 0 aliphatic rings. The molecule has 2 aromatic carbocycles. The van der Waals surface area contributed by atoms with Crippen molar-refractivity contribution in [1.82, 2.24) is 5.32 Å². The Morgan fingerprint density at radius 2 is 1.92 bits per heavy atom. The van der Waals surface area contributed by atoms with E-state index in [0.29, 0.717) is 5.69 Å². The Bertz CT molecular complexity index is 802. The van der Waals surface area contributed by atoms with Crippen molar-refractivity contribution in [3.8, 4) is 11.5 Å². The number of rotatable bonds is 7. The SMILES string of the molecule is COc1cc(C(=O)NCC(=O)Nc2cccc(I)c2)ccc1OC(F)F. The van der Waals surface area contributed by atoms with Gasteiger partial charge < -0.3 is 20.1 Å². The van der Waals surface area contributed by atoms with E-state index in [1.807, 2.05) is 6.07 Å². The predicted octanol–water partition coefficient (Wildman–Crippen LogP) is 3.27. The number of halogens is 3. The third-order valence-electron chi connectivity index (χ3n) is 3.16. The van der Waals surface area contributed by atoms with Gasteiger partial charge in [-0.1, -0.05) is 6.07 Å². The summed E-state index contributed by atoms with van der Waals surface area (Å²) in [6, 6.07) is 10.9. The van der Waals surface area contributed by atoms with E-state index in [1.54, 1.807) is 18.2 Å². The van der Waals surface area contributed by atoms with Crippen LogP contribution in [0, 0.1) is 3.57 Å². The molecule has 2 amide bonds. The van der Waals surface area contributed by atoms with Crippen LogP contribution in [0.25, 0.3) is 0 Å². The maximum Gasteiger partial charge on any atom is 0.387 e. The summed E-state index contributed by atoms with van der Waals surface area (Å²) in [6.07, 6.45) is 0. The van der Waals surface area contributed by atoms with Gasteiger partial charge in [0, 0.05) is 14.8 Å². The van der Waals surface area contributed by atoms with Crippen molar-refractivity contribution < 1.29 is 27.8 Å². The summed E-state index contributed by atoms with van der Waals surface area (Å²) < 4.78 is 34.8. The van der Waals surface area contributed by atoms with Gasteiger partial charge in [-0.25, -0.2) is 0 Å². The van der Waals surface area contributed by atoms with Gasteiger partial charge in [-0.05, 0) is 59.0 Å². The second-order valence-electron chi connectivity index (χ2n) is 4.99. The Kier molecular flexibility index (Phi) is 7.13. The predicted molar refractivity (Wildman–Crippen MR) is 99.7 cm³/mol. The molecule has 0 unspecified atom stereocenters. The molecule has 0 spiro atoms. The zero-order valence-corrected chi connectivity index (χ0v) is 15.8. The monoisotopic (exact) mass is 476 g/mol. The second-order valence-corrected chi connectivity index (χ2v) is 6.23. The molecule has 138 valence electrons. The zero-order chi connectivity index (χ0) is 19.1. The fourth-order valence-electron chi connectivity index (χ4n) is 2.04.